The van der Waals surface area contributed by atoms with Crippen LogP contribution in [-0.4, -0.2) is 15.0 Å². The highest BCUT2D eigenvalue weighted by molar-refractivity contribution is 6.30. The maximum Gasteiger partial charge on any atom is 0.106 e. The number of nitrogens with zero attached hydrogens (tertiary/aromatic N) is 3. The van der Waals surface area contributed by atoms with Crippen LogP contribution in [0.3, 0.4) is 0 Å². The molecule has 0 atom stereocenters. The highest BCUT2D eigenvalue weighted by Gasteiger charge is 2.16. The van der Waals surface area contributed by atoms with Crippen molar-refractivity contribution in [3.05, 3.63) is 64.8 Å². The maximum absolute atomic E-state index is 6.01. The monoisotopic (exact) mass is 317 g/mol. The zero-order valence-electron chi connectivity index (χ0n) is 11.4. The van der Waals surface area contributed by atoms with E-state index in [1.54, 1.807) is 0 Å². The summed E-state index contributed by atoms with van der Waals surface area (Å²) in [7, 11) is 0. The maximum atomic E-state index is 6.01. The Hall–Kier alpha value is -1.84. The summed E-state index contributed by atoms with van der Waals surface area (Å²) in [4.78, 5) is 0. The van der Waals surface area contributed by atoms with Crippen molar-refractivity contribution in [2.45, 2.75) is 12.8 Å². The quantitative estimate of drug-likeness (QED) is 0.659. The minimum Gasteiger partial charge on any atom is -0.212 e. The molecule has 0 amide bonds. The first-order chi connectivity index (χ1) is 10.2. The molecule has 3 aromatic rings. The number of hydrogen-bond donors (Lipinski definition) is 0. The van der Waals surface area contributed by atoms with E-state index in [-0.39, 0.29) is 0 Å². The fraction of sp³-hybridized carbons (Fsp3) is 0.125. The molecular weight excluding hydrogens is 305 g/mol. The molecule has 1 heterocycles. The molecule has 1 aromatic heterocycles. The minimum absolute atomic E-state index is 0.309. The first-order valence-corrected chi connectivity index (χ1v) is 7.44. The topological polar surface area (TPSA) is 30.7 Å². The van der Waals surface area contributed by atoms with Gasteiger partial charge in [0.1, 0.15) is 5.69 Å². The number of para-hydroxylation sites is 1. The van der Waals surface area contributed by atoms with Crippen LogP contribution >= 0.6 is 23.2 Å². The second-order valence-electron chi connectivity index (χ2n) is 4.72. The van der Waals surface area contributed by atoms with Crippen molar-refractivity contribution in [1.82, 2.24) is 15.0 Å². The molecule has 0 radical (unpaired) electrons. The van der Waals surface area contributed by atoms with Crippen LogP contribution in [0, 0.1) is 6.92 Å². The van der Waals surface area contributed by atoms with Crippen molar-refractivity contribution in [3.63, 3.8) is 0 Å². The molecule has 0 spiro atoms. The summed E-state index contributed by atoms with van der Waals surface area (Å²) in [6, 6.07) is 15.6. The standard InChI is InChI=1S/C16H13Cl2N3/c1-11-4-2-3-5-15(11)21-16(14(10-17)19-20-21)12-6-8-13(18)9-7-12/h2-9H,10H2,1H3. The Bertz CT molecular complexity index is 763. The van der Waals surface area contributed by atoms with Crippen molar-refractivity contribution in [2.24, 2.45) is 0 Å². The number of halogens is 2. The molecule has 2 aromatic carbocycles. The predicted molar refractivity (Wildman–Crippen MR) is 86.1 cm³/mol. The average Bonchev–Trinajstić information content (AvgIpc) is 2.92. The largest absolute Gasteiger partial charge is 0.212 e. The van der Waals surface area contributed by atoms with Gasteiger partial charge in [-0.3, -0.25) is 0 Å². The normalized spacial score (nSPS) is 10.8. The van der Waals surface area contributed by atoms with Crippen molar-refractivity contribution in [2.75, 3.05) is 0 Å². The van der Waals surface area contributed by atoms with Crippen LogP contribution < -0.4 is 0 Å². The van der Waals surface area contributed by atoms with Gasteiger partial charge in [0.05, 0.1) is 17.3 Å². The van der Waals surface area contributed by atoms with Gasteiger partial charge in [0.25, 0.3) is 0 Å². The molecule has 106 valence electrons. The number of benzene rings is 2. The van der Waals surface area contributed by atoms with E-state index < -0.39 is 0 Å². The molecule has 5 heteroatoms. The first-order valence-electron chi connectivity index (χ1n) is 6.53. The van der Waals surface area contributed by atoms with Gasteiger partial charge in [0.15, 0.2) is 0 Å². The number of hydrogen-bond acceptors (Lipinski definition) is 2. The summed E-state index contributed by atoms with van der Waals surface area (Å²) in [5.74, 6) is 0.309. The molecule has 0 fully saturated rings. The van der Waals surface area contributed by atoms with Crippen LogP contribution in [0.15, 0.2) is 48.5 Å². The van der Waals surface area contributed by atoms with E-state index in [1.165, 1.54) is 0 Å². The van der Waals surface area contributed by atoms with Crippen LogP contribution in [0.25, 0.3) is 16.9 Å². The second-order valence-corrected chi connectivity index (χ2v) is 5.43. The Balaban J connectivity index is 2.22. The van der Waals surface area contributed by atoms with Crippen molar-refractivity contribution in [3.8, 4) is 16.9 Å². The van der Waals surface area contributed by atoms with Crippen LogP contribution in [0.1, 0.15) is 11.3 Å². The van der Waals surface area contributed by atoms with Gasteiger partial charge in [-0.15, -0.1) is 16.7 Å². The highest BCUT2D eigenvalue weighted by Crippen LogP contribution is 2.28. The van der Waals surface area contributed by atoms with Gasteiger partial charge in [-0.05, 0) is 30.7 Å². The molecule has 21 heavy (non-hydrogen) atoms. The second kappa shape index (κ2) is 5.88. The lowest BCUT2D eigenvalue weighted by molar-refractivity contribution is 0.800. The number of aromatic nitrogens is 3. The summed E-state index contributed by atoms with van der Waals surface area (Å²) in [6.45, 7) is 2.04. The third-order valence-electron chi connectivity index (χ3n) is 3.33. The molecule has 0 aliphatic carbocycles. The van der Waals surface area contributed by atoms with Gasteiger partial charge in [0.2, 0.25) is 0 Å². The van der Waals surface area contributed by atoms with Gasteiger partial charge in [-0.25, -0.2) is 4.68 Å². The van der Waals surface area contributed by atoms with Gasteiger partial charge in [-0.2, -0.15) is 0 Å². The molecule has 0 aliphatic rings. The fourth-order valence-electron chi connectivity index (χ4n) is 2.27. The molecule has 3 nitrogen and oxygen atoms in total. The smallest absolute Gasteiger partial charge is 0.106 e. The van der Waals surface area contributed by atoms with Crippen LogP contribution in [0.4, 0.5) is 0 Å². The van der Waals surface area contributed by atoms with E-state index in [4.69, 9.17) is 23.2 Å². The molecule has 0 aliphatic heterocycles. The summed E-state index contributed by atoms with van der Waals surface area (Å²) in [5.41, 5.74) is 4.76. The van der Waals surface area contributed by atoms with E-state index in [1.807, 2.05) is 60.1 Å². The van der Waals surface area contributed by atoms with Crippen LogP contribution in [0.5, 0.6) is 0 Å². The number of aryl methyl sites for hydroxylation is 1. The zero-order chi connectivity index (χ0) is 14.8. The van der Waals surface area contributed by atoms with E-state index >= 15 is 0 Å². The Labute approximate surface area is 133 Å². The summed E-state index contributed by atoms with van der Waals surface area (Å²) < 4.78 is 1.83. The van der Waals surface area contributed by atoms with Crippen molar-refractivity contribution in [1.29, 1.82) is 0 Å². The lowest BCUT2D eigenvalue weighted by Gasteiger charge is -2.10. The number of rotatable bonds is 3. The van der Waals surface area contributed by atoms with Gasteiger partial charge in [-0.1, -0.05) is 47.1 Å². The molecule has 3 rings (SSSR count). The summed E-state index contributed by atoms with van der Waals surface area (Å²) in [6.07, 6.45) is 0. The van der Waals surface area contributed by atoms with Gasteiger partial charge >= 0.3 is 0 Å². The third-order valence-corrected chi connectivity index (χ3v) is 3.83. The third kappa shape index (κ3) is 2.67. The summed E-state index contributed by atoms with van der Waals surface area (Å²) >= 11 is 12.0. The van der Waals surface area contributed by atoms with E-state index in [9.17, 15) is 0 Å². The van der Waals surface area contributed by atoms with E-state index in [0.29, 0.717) is 10.9 Å². The van der Waals surface area contributed by atoms with Crippen LogP contribution in [0.2, 0.25) is 5.02 Å². The molecule has 0 N–H and O–H groups in total. The fourth-order valence-corrected chi connectivity index (χ4v) is 2.58. The Morgan fingerprint density at radius 3 is 2.43 bits per heavy atom. The predicted octanol–water partition coefficient (Wildman–Crippen LogP) is 4.63. The SMILES string of the molecule is Cc1ccccc1-n1nnc(CCl)c1-c1ccc(Cl)cc1. The Morgan fingerprint density at radius 1 is 1.05 bits per heavy atom. The zero-order valence-corrected chi connectivity index (χ0v) is 12.9. The minimum atomic E-state index is 0.309. The molecule has 0 unspecified atom stereocenters. The van der Waals surface area contributed by atoms with Gasteiger partial charge in [0, 0.05) is 10.6 Å². The first kappa shape index (κ1) is 14.1. The molecule has 0 saturated carbocycles. The molecular formula is C16H13Cl2N3. The average molecular weight is 318 g/mol. The Morgan fingerprint density at radius 2 is 1.76 bits per heavy atom. The van der Waals surface area contributed by atoms with Gasteiger partial charge < -0.3 is 0 Å². The van der Waals surface area contributed by atoms with E-state index in [0.717, 1.165) is 28.2 Å². The number of alkyl halides is 1. The van der Waals surface area contributed by atoms with E-state index in [2.05, 4.69) is 10.3 Å². The molecule has 0 saturated heterocycles. The van der Waals surface area contributed by atoms with Crippen molar-refractivity contribution < 1.29 is 0 Å². The lowest BCUT2D eigenvalue weighted by Crippen LogP contribution is -2.02. The van der Waals surface area contributed by atoms with Crippen LogP contribution in [-0.2, 0) is 5.88 Å². The highest BCUT2D eigenvalue weighted by atomic mass is 35.5. The lowest BCUT2D eigenvalue weighted by atomic mass is 10.1. The van der Waals surface area contributed by atoms with Crippen molar-refractivity contribution >= 4 is 23.2 Å². The summed E-state index contributed by atoms with van der Waals surface area (Å²) in [5, 5.41) is 9.16. The Kier molecular flexibility index (Phi) is 3.95. The molecule has 0 bridgehead atoms.